The molecule has 2 nitrogen and oxygen atoms in total. The molecule has 0 saturated heterocycles. The van der Waals surface area contributed by atoms with Crippen LogP contribution in [-0.4, -0.2) is 29.0 Å². The largest absolute Gasteiger partial charge is 0.300 e. The van der Waals surface area contributed by atoms with E-state index in [1.54, 1.807) is 0 Å². The number of fused-ring (bicyclic) bond motifs is 4. The van der Waals surface area contributed by atoms with Crippen molar-refractivity contribution in [2.75, 3.05) is 19.8 Å². The number of thiophene rings is 1. The Balaban J connectivity index is 1.56. The normalized spacial score (nSPS) is 29.4. The molecule has 0 N–H and O–H groups in total. The molecule has 2 aliphatic rings. The molecule has 1 aromatic heterocycles. The lowest BCUT2D eigenvalue weighted by Gasteiger charge is -2.50. The Bertz CT molecular complexity index is 1070. The summed E-state index contributed by atoms with van der Waals surface area (Å²) in [5.41, 5.74) is 4.23. The summed E-state index contributed by atoms with van der Waals surface area (Å²) < 4.78 is 14.7. The molecule has 1 aliphatic heterocycles. The number of hydrogen-bond donors (Lipinski definition) is 0. The Morgan fingerprint density at radius 3 is 2.34 bits per heavy atom. The van der Waals surface area contributed by atoms with Crippen molar-refractivity contribution < 1.29 is 4.21 Å². The van der Waals surface area contributed by atoms with Gasteiger partial charge in [-0.3, -0.25) is 9.11 Å². The first-order valence-electron chi connectivity index (χ1n) is 10.6. The van der Waals surface area contributed by atoms with Crippen LogP contribution >= 0.6 is 11.3 Å². The van der Waals surface area contributed by atoms with E-state index in [4.69, 9.17) is 0 Å². The molecular weight excluding hydrogens is 394 g/mol. The van der Waals surface area contributed by atoms with Gasteiger partial charge in [0, 0.05) is 31.7 Å². The number of hydrogen-bond acceptors (Lipinski definition) is 3. The van der Waals surface area contributed by atoms with Gasteiger partial charge in [0.2, 0.25) is 0 Å². The summed E-state index contributed by atoms with van der Waals surface area (Å²) in [6, 6.07) is 17.8. The molecule has 1 atom stereocenters. The average Bonchev–Trinajstić information content (AvgIpc) is 3.12. The summed E-state index contributed by atoms with van der Waals surface area (Å²) in [5.74, 6) is 0.813. The van der Waals surface area contributed by atoms with Gasteiger partial charge < -0.3 is 0 Å². The van der Waals surface area contributed by atoms with Crippen LogP contribution < -0.4 is 0 Å². The highest BCUT2D eigenvalue weighted by atomic mass is 32.2. The standard InChI is InChI=1S/C25H29NOS2/c1-18-8-10-19(11-9-18)24(26(2)3)13-15-25(16-14-24)23-21(12-17-29(25)27)20-6-4-5-7-22(20)28-23/h4-11H,12-17H2,1-3H3. The Morgan fingerprint density at radius 1 is 0.966 bits per heavy atom. The second kappa shape index (κ2) is 7.04. The minimum absolute atomic E-state index is 0.0391. The quantitative estimate of drug-likeness (QED) is 0.524. The lowest BCUT2D eigenvalue weighted by molar-refractivity contribution is 0.0841. The van der Waals surface area contributed by atoms with Gasteiger partial charge in [0.1, 0.15) is 0 Å². The molecule has 2 heterocycles. The average molecular weight is 424 g/mol. The SMILES string of the molecule is Cc1ccc(C2(N(C)C)CCC3(CC2)c2sc4ccccc4c2CCS3=O)cc1. The molecule has 4 heteroatoms. The summed E-state index contributed by atoms with van der Waals surface area (Å²) in [5, 5.41) is 1.39. The fourth-order valence-corrected chi connectivity index (χ4v) is 9.16. The van der Waals surface area contributed by atoms with Crippen molar-refractivity contribution in [2.45, 2.75) is 49.3 Å². The van der Waals surface area contributed by atoms with Crippen LogP contribution in [-0.2, 0) is 27.5 Å². The molecule has 1 aliphatic carbocycles. The maximum atomic E-state index is 13.5. The Morgan fingerprint density at radius 2 is 1.66 bits per heavy atom. The van der Waals surface area contributed by atoms with Gasteiger partial charge in [-0.1, -0.05) is 48.0 Å². The second-order valence-electron chi connectivity index (χ2n) is 8.99. The third kappa shape index (κ3) is 2.87. The zero-order chi connectivity index (χ0) is 20.2. The molecule has 1 spiro atoms. The molecule has 29 heavy (non-hydrogen) atoms. The summed E-state index contributed by atoms with van der Waals surface area (Å²) >= 11 is 1.91. The number of rotatable bonds is 2. The third-order valence-electron chi connectivity index (χ3n) is 7.42. The van der Waals surface area contributed by atoms with Crippen LogP contribution in [0.3, 0.4) is 0 Å². The zero-order valence-electron chi connectivity index (χ0n) is 17.5. The van der Waals surface area contributed by atoms with Crippen LogP contribution in [0.4, 0.5) is 0 Å². The molecule has 3 aromatic rings. The maximum Gasteiger partial charge on any atom is 0.0804 e. The monoisotopic (exact) mass is 423 g/mol. The Labute approximate surface area is 180 Å². The fraction of sp³-hybridized carbons (Fsp3) is 0.440. The van der Waals surface area contributed by atoms with Gasteiger partial charge in [-0.25, -0.2) is 0 Å². The van der Waals surface area contributed by atoms with Gasteiger partial charge in [0.25, 0.3) is 0 Å². The van der Waals surface area contributed by atoms with E-state index in [2.05, 4.69) is 74.4 Å². The van der Waals surface area contributed by atoms with E-state index >= 15 is 0 Å². The van der Waals surface area contributed by atoms with Crippen molar-refractivity contribution in [1.29, 1.82) is 0 Å². The van der Waals surface area contributed by atoms with E-state index in [0.29, 0.717) is 0 Å². The van der Waals surface area contributed by atoms with Gasteiger partial charge in [0.15, 0.2) is 0 Å². The molecule has 0 amide bonds. The van der Waals surface area contributed by atoms with Crippen LogP contribution in [0.15, 0.2) is 48.5 Å². The minimum Gasteiger partial charge on any atom is -0.300 e. The highest BCUT2D eigenvalue weighted by Crippen LogP contribution is 2.55. The molecule has 2 aromatic carbocycles. The van der Waals surface area contributed by atoms with Crippen LogP contribution in [0, 0.1) is 6.92 Å². The van der Waals surface area contributed by atoms with Crippen LogP contribution in [0.5, 0.6) is 0 Å². The fourth-order valence-electron chi connectivity index (χ4n) is 5.59. The summed E-state index contributed by atoms with van der Waals surface area (Å²) in [7, 11) is 3.63. The van der Waals surface area contributed by atoms with Crippen molar-refractivity contribution >= 4 is 32.2 Å². The van der Waals surface area contributed by atoms with Gasteiger partial charge in [-0.2, -0.15) is 0 Å². The predicted molar refractivity (Wildman–Crippen MR) is 125 cm³/mol. The topological polar surface area (TPSA) is 20.3 Å². The first-order chi connectivity index (χ1) is 14.0. The van der Waals surface area contributed by atoms with Crippen molar-refractivity contribution in [3.63, 3.8) is 0 Å². The highest BCUT2D eigenvalue weighted by molar-refractivity contribution is 7.86. The molecule has 0 bridgehead atoms. The zero-order valence-corrected chi connectivity index (χ0v) is 19.2. The number of nitrogens with zero attached hydrogens (tertiary/aromatic N) is 1. The predicted octanol–water partition coefficient (Wildman–Crippen LogP) is 5.74. The van der Waals surface area contributed by atoms with Crippen molar-refractivity contribution in [1.82, 2.24) is 4.90 Å². The van der Waals surface area contributed by atoms with Crippen LogP contribution in [0.25, 0.3) is 10.1 Å². The number of aryl methyl sites for hydroxylation is 2. The van der Waals surface area contributed by atoms with E-state index in [0.717, 1.165) is 37.9 Å². The first kappa shape index (κ1) is 19.5. The van der Waals surface area contributed by atoms with Crippen LogP contribution in [0.2, 0.25) is 0 Å². The van der Waals surface area contributed by atoms with Gasteiger partial charge in [0.05, 0.1) is 4.75 Å². The van der Waals surface area contributed by atoms with Crippen molar-refractivity contribution in [3.8, 4) is 0 Å². The first-order valence-corrected chi connectivity index (χ1v) is 12.7. The van der Waals surface area contributed by atoms with E-state index in [1.165, 1.54) is 31.7 Å². The third-order valence-corrected chi connectivity index (χ3v) is 11.0. The summed E-state index contributed by atoms with van der Waals surface area (Å²) in [6.07, 6.45) is 5.09. The van der Waals surface area contributed by atoms with Gasteiger partial charge in [-0.15, -0.1) is 11.3 Å². The van der Waals surface area contributed by atoms with Gasteiger partial charge >= 0.3 is 0 Å². The lowest BCUT2D eigenvalue weighted by Crippen LogP contribution is -2.50. The lowest BCUT2D eigenvalue weighted by atomic mass is 9.70. The summed E-state index contributed by atoms with van der Waals surface area (Å²) in [4.78, 5) is 3.84. The molecule has 152 valence electrons. The van der Waals surface area contributed by atoms with E-state index < -0.39 is 10.8 Å². The van der Waals surface area contributed by atoms with E-state index in [-0.39, 0.29) is 10.3 Å². The van der Waals surface area contributed by atoms with E-state index in [9.17, 15) is 4.21 Å². The second-order valence-corrected chi connectivity index (χ2v) is 11.9. The van der Waals surface area contributed by atoms with Gasteiger partial charge in [-0.05, 0) is 75.7 Å². The molecule has 1 unspecified atom stereocenters. The molecule has 1 fully saturated rings. The summed E-state index contributed by atoms with van der Waals surface area (Å²) in [6.45, 7) is 2.15. The molecular formula is C25H29NOS2. The molecule has 0 radical (unpaired) electrons. The van der Waals surface area contributed by atoms with Crippen molar-refractivity contribution in [3.05, 3.63) is 70.1 Å². The smallest absolute Gasteiger partial charge is 0.0804 e. The van der Waals surface area contributed by atoms with Crippen LogP contribution in [0.1, 0.15) is 47.3 Å². The maximum absolute atomic E-state index is 13.5. The Hall–Kier alpha value is -1.49. The Kier molecular flexibility index (Phi) is 4.73. The highest BCUT2D eigenvalue weighted by Gasteiger charge is 2.51. The number of benzene rings is 2. The van der Waals surface area contributed by atoms with E-state index in [1.807, 2.05) is 11.3 Å². The minimum atomic E-state index is -0.788. The molecule has 5 rings (SSSR count). The molecule has 1 saturated carbocycles. The van der Waals surface area contributed by atoms with Crippen molar-refractivity contribution in [2.24, 2.45) is 0 Å².